The Labute approximate surface area is 167 Å². The number of carbonyl (C=O) groups is 2. The maximum atomic E-state index is 10.8. The zero-order chi connectivity index (χ0) is 20.0. The van der Waals surface area contributed by atoms with E-state index in [1.54, 1.807) is 36.4 Å². The summed E-state index contributed by atoms with van der Waals surface area (Å²) in [6.07, 6.45) is 9.85. The molecule has 0 N–H and O–H groups in total. The van der Waals surface area contributed by atoms with Crippen molar-refractivity contribution in [2.75, 3.05) is 6.61 Å². The van der Waals surface area contributed by atoms with Gasteiger partial charge < -0.3 is 9.47 Å². The molecule has 4 heteroatoms. The molecule has 1 atom stereocenters. The molecule has 1 unspecified atom stereocenters. The molecule has 28 heavy (non-hydrogen) atoms. The molecule has 0 aromatic heterocycles. The van der Waals surface area contributed by atoms with E-state index in [-0.39, 0.29) is 6.10 Å². The molecule has 0 aliphatic heterocycles. The molecule has 150 valence electrons. The average Bonchev–Trinajstić information content (AvgIpc) is 2.75. The Kier molecular flexibility index (Phi) is 9.84. The van der Waals surface area contributed by atoms with Crippen molar-refractivity contribution < 1.29 is 19.1 Å². The SMILES string of the molecule is CCCCCCCCC(COc1ccc(C=O)cc1)Oc1ccc(C=O)cc1. The van der Waals surface area contributed by atoms with E-state index in [4.69, 9.17) is 9.47 Å². The molecule has 2 aromatic rings. The third-order valence-corrected chi connectivity index (χ3v) is 4.65. The van der Waals surface area contributed by atoms with Crippen molar-refractivity contribution in [3.63, 3.8) is 0 Å². The van der Waals surface area contributed by atoms with E-state index in [9.17, 15) is 9.59 Å². The van der Waals surface area contributed by atoms with Gasteiger partial charge >= 0.3 is 0 Å². The van der Waals surface area contributed by atoms with Gasteiger partial charge in [0.1, 0.15) is 36.8 Å². The van der Waals surface area contributed by atoms with Gasteiger partial charge in [0, 0.05) is 11.1 Å². The molecule has 0 radical (unpaired) electrons. The van der Waals surface area contributed by atoms with Crippen LogP contribution < -0.4 is 9.47 Å². The summed E-state index contributed by atoms with van der Waals surface area (Å²) in [5.74, 6) is 1.46. The minimum atomic E-state index is -0.0704. The van der Waals surface area contributed by atoms with Crippen molar-refractivity contribution >= 4 is 12.6 Å². The van der Waals surface area contributed by atoms with Gasteiger partial charge in [-0.05, 0) is 61.4 Å². The molecule has 0 saturated heterocycles. The predicted octanol–water partition coefficient (Wildman–Crippen LogP) is 5.89. The summed E-state index contributed by atoms with van der Waals surface area (Å²) < 4.78 is 12.0. The van der Waals surface area contributed by atoms with E-state index in [0.29, 0.717) is 17.7 Å². The highest BCUT2D eigenvalue weighted by molar-refractivity contribution is 5.75. The lowest BCUT2D eigenvalue weighted by Crippen LogP contribution is -2.25. The molecule has 2 aromatic carbocycles. The molecule has 0 bridgehead atoms. The van der Waals surface area contributed by atoms with Crippen LogP contribution in [-0.2, 0) is 0 Å². The zero-order valence-corrected chi connectivity index (χ0v) is 16.6. The molecule has 0 amide bonds. The Morgan fingerprint density at radius 2 is 1.29 bits per heavy atom. The molecule has 4 nitrogen and oxygen atoms in total. The summed E-state index contributed by atoms with van der Waals surface area (Å²) in [4.78, 5) is 21.6. The Bertz CT molecular complexity index is 692. The number of rotatable bonds is 14. The summed E-state index contributed by atoms with van der Waals surface area (Å²) in [5.41, 5.74) is 1.26. The number of unbranched alkanes of at least 4 members (excludes halogenated alkanes) is 5. The van der Waals surface area contributed by atoms with E-state index in [1.165, 1.54) is 32.1 Å². The summed E-state index contributed by atoms with van der Waals surface area (Å²) in [7, 11) is 0. The smallest absolute Gasteiger partial charge is 0.150 e. The van der Waals surface area contributed by atoms with Crippen LogP contribution in [0.25, 0.3) is 0 Å². The van der Waals surface area contributed by atoms with Crippen LogP contribution in [0.1, 0.15) is 72.6 Å². The molecular formula is C24H30O4. The summed E-state index contributed by atoms with van der Waals surface area (Å²) in [6.45, 7) is 2.66. The number of carbonyl (C=O) groups excluding carboxylic acids is 2. The molecule has 0 saturated carbocycles. The van der Waals surface area contributed by atoms with E-state index < -0.39 is 0 Å². The first-order chi connectivity index (χ1) is 13.7. The lowest BCUT2D eigenvalue weighted by atomic mass is 10.1. The van der Waals surface area contributed by atoms with Crippen LogP contribution in [0.15, 0.2) is 48.5 Å². The van der Waals surface area contributed by atoms with Gasteiger partial charge in [0.2, 0.25) is 0 Å². The number of hydrogen-bond acceptors (Lipinski definition) is 4. The highest BCUT2D eigenvalue weighted by Gasteiger charge is 2.12. The van der Waals surface area contributed by atoms with Gasteiger partial charge in [-0.2, -0.15) is 0 Å². The fourth-order valence-electron chi connectivity index (χ4n) is 2.98. The highest BCUT2D eigenvalue weighted by Crippen LogP contribution is 2.19. The number of hydrogen-bond donors (Lipinski definition) is 0. The van der Waals surface area contributed by atoms with Gasteiger partial charge in [-0.1, -0.05) is 39.0 Å². The van der Waals surface area contributed by atoms with E-state index in [2.05, 4.69) is 6.92 Å². The molecule has 0 spiro atoms. The van der Waals surface area contributed by atoms with Gasteiger partial charge in [-0.3, -0.25) is 9.59 Å². The summed E-state index contributed by atoms with van der Waals surface area (Å²) >= 11 is 0. The molecule has 0 aliphatic carbocycles. The second kappa shape index (κ2) is 12.7. The maximum Gasteiger partial charge on any atom is 0.150 e. The van der Waals surface area contributed by atoms with Crippen molar-refractivity contribution in [3.05, 3.63) is 59.7 Å². The van der Waals surface area contributed by atoms with Gasteiger partial charge in [0.25, 0.3) is 0 Å². The van der Waals surface area contributed by atoms with Crippen LogP contribution in [0, 0.1) is 0 Å². The normalized spacial score (nSPS) is 11.6. The predicted molar refractivity (Wildman–Crippen MR) is 112 cm³/mol. The van der Waals surface area contributed by atoms with Crippen LogP contribution in [-0.4, -0.2) is 25.3 Å². The lowest BCUT2D eigenvalue weighted by molar-refractivity contribution is 0.111. The van der Waals surface area contributed by atoms with Crippen LogP contribution >= 0.6 is 0 Å². The standard InChI is InChI=1S/C24H30O4/c1-2-3-4-5-6-7-8-24(28-23-15-11-21(18-26)12-16-23)19-27-22-13-9-20(17-25)10-14-22/h9-18,24H,2-8,19H2,1H3. The summed E-state index contributed by atoms with van der Waals surface area (Å²) in [5, 5.41) is 0. The Morgan fingerprint density at radius 3 is 1.86 bits per heavy atom. The first-order valence-corrected chi connectivity index (χ1v) is 10.1. The van der Waals surface area contributed by atoms with E-state index in [1.807, 2.05) is 12.1 Å². The molecule has 0 fully saturated rings. The second-order valence-electron chi connectivity index (χ2n) is 6.98. The average molecular weight is 383 g/mol. The number of ether oxygens (including phenoxy) is 2. The monoisotopic (exact) mass is 382 g/mol. The quantitative estimate of drug-likeness (QED) is 0.302. The van der Waals surface area contributed by atoms with Crippen molar-refractivity contribution in [3.8, 4) is 11.5 Å². The lowest BCUT2D eigenvalue weighted by Gasteiger charge is -2.20. The third kappa shape index (κ3) is 7.95. The van der Waals surface area contributed by atoms with Crippen molar-refractivity contribution in [2.24, 2.45) is 0 Å². The second-order valence-corrected chi connectivity index (χ2v) is 6.98. The highest BCUT2D eigenvalue weighted by atomic mass is 16.5. The Balaban J connectivity index is 1.89. The van der Waals surface area contributed by atoms with Gasteiger partial charge in [-0.15, -0.1) is 0 Å². The molecule has 2 rings (SSSR count). The van der Waals surface area contributed by atoms with Crippen molar-refractivity contribution in [1.29, 1.82) is 0 Å². The molecule has 0 heterocycles. The largest absolute Gasteiger partial charge is 0.490 e. The van der Waals surface area contributed by atoms with Crippen LogP contribution in [0.3, 0.4) is 0 Å². The van der Waals surface area contributed by atoms with E-state index >= 15 is 0 Å². The zero-order valence-electron chi connectivity index (χ0n) is 16.6. The van der Waals surface area contributed by atoms with Gasteiger partial charge in [0.15, 0.2) is 0 Å². The maximum absolute atomic E-state index is 10.8. The molecular weight excluding hydrogens is 352 g/mol. The minimum Gasteiger partial charge on any atom is -0.490 e. The van der Waals surface area contributed by atoms with E-state index in [0.717, 1.165) is 36.9 Å². The minimum absolute atomic E-state index is 0.0704. The number of aldehydes is 2. The van der Waals surface area contributed by atoms with Gasteiger partial charge in [0.05, 0.1) is 0 Å². The molecule has 0 aliphatic rings. The topological polar surface area (TPSA) is 52.6 Å². The first-order valence-electron chi connectivity index (χ1n) is 10.1. The van der Waals surface area contributed by atoms with Gasteiger partial charge in [-0.25, -0.2) is 0 Å². The van der Waals surface area contributed by atoms with Crippen LogP contribution in [0.4, 0.5) is 0 Å². The van der Waals surface area contributed by atoms with Crippen molar-refractivity contribution in [2.45, 2.75) is 58.0 Å². The fourth-order valence-corrected chi connectivity index (χ4v) is 2.98. The number of benzene rings is 2. The van der Waals surface area contributed by atoms with Crippen molar-refractivity contribution in [1.82, 2.24) is 0 Å². The summed E-state index contributed by atoms with van der Waals surface area (Å²) in [6, 6.07) is 14.2. The fraction of sp³-hybridized carbons (Fsp3) is 0.417. The van der Waals surface area contributed by atoms with Crippen LogP contribution in [0.2, 0.25) is 0 Å². The first kappa shape index (κ1) is 21.7. The van der Waals surface area contributed by atoms with Crippen LogP contribution in [0.5, 0.6) is 11.5 Å². The Hall–Kier alpha value is -2.62. The third-order valence-electron chi connectivity index (χ3n) is 4.65. The Morgan fingerprint density at radius 1 is 0.750 bits per heavy atom.